The quantitative estimate of drug-likeness (QED) is 0.942. The molecule has 110 valence electrons. The largest absolute Gasteiger partial charge is 0.494 e. The monoisotopic (exact) mass is 297 g/mol. The van der Waals surface area contributed by atoms with Gasteiger partial charge in [-0.3, -0.25) is 0 Å². The molecule has 0 atom stereocenters. The van der Waals surface area contributed by atoms with E-state index in [2.05, 4.69) is 4.98 Å². The second kappa shape index (κ2) is 5.43. The van der Waals surface area contributed by atoms with E-state index in [-0.39, 0.29) is 22.7 Å². The summed E-state index contributed by atoms with van der Waals surface area (Å²) in [5.74, 6) is -1.08. The van der Waals surface area contributed by atoms with Crippen molar-refractivity contribution in [2.45, 2.75) is 6.18 Å². The van der Waals surface area contributed by atoms with E-state index in [0.29, 0.717) is 0 Å². The zero-order chi connectivity index (χ0) is 15.6. The van der Waals surface area contributed by atoms with Crippen molar-refractivity contribution in [1.29, 1.82) is 0 Å². The van der Waals surface area contributed by atoms with Gasteiger partial charge in [0.25, 0.3) is 0 Å². The molecular weight excluding hydrogens is 287 g/mol. The summed E-state index contributed by atoms with van der Waals surface area (Å²) in [4.78, 5) is 14.8. The minimum Gasteiger partial charge on any atom is -0.494 e. The van der Waals surface area contributed by atoms with Crippen LogP contribution in [0.5, 0.6) is 5.75 Å². The van der Waals surface area contributed by atoms with Crippen LogP contribution < -0.4 is 4.74 Å². The number of hydrogen-bond donors (Lipinski definition) is 1. The molecular formula is C14H10F3NO3. The third-order valence-electron chi connectivity index (χ3n) is 2.76. The third kappa shape index (κ3) is 3.13. The predicted molar refractivity (Wildman–Crippen MR) is 68.2 cm³/mol. The van der Waals surface area contributed by atoms with Gasteiger partial charge in [0.1, 0.15) is 17.1 Å². The summed E-state index contributed by atoms with van der Waals surface area (Å²) in [6, 6.07) is 7.04. The second-order valence-electron chi connectivity index (χ2n) is 4.13. The molecule has 1 N–H and O–H groups in total. The number of methoxy groups -OCH3 is 1. The van der Waals surface area contributed by atoms with Crippen molar-refractivity contribution in [3.8, 4) is 17.0 Å². The lowest BCUT2D eigenvalue weighted by molar-refractivity contribution is -0.137. The van der Waals surface area contributed by atoms with Gasteiger partial charge in [-0.15, -0.1) is 0 Å². The average molecular weight is 297 g/mol. The van der Waals surface area contributed by atoms with Gasteiger partial charge in [-0.1, -0.05) is 12.1 Å². The molecule has 1 heterocycles. The highest BCUT2D eigenvalue weighted by Gasteiger charge is 2.30. The minimum absolute atomic E-state index is 0.0449. The lowest BCUT2D eigenvalue weighted by atomic mass is 10.1. The van der Waals surface area contributed by atoms with E-state index in [1.807, 2.05) is 0 Å². The predicted octanol–water partition coefficient (Wildman–Crippen LogP) is 3.47. The van der Waals surface area contributed by atoms with Crippen molar-refractivity contribution in [2.24, 2.45) is 0 Å². The zero-order valence-corrected chi connectivity index (χ0v) is 10.8. The summed E-state index contributed by atoms with van der Waals surface area (Å²) in [5, 5.41) is 8.92. The molecule has 0 saturated carbocycles. The highest BCUT2D eigenvalue weighted by atomic mass is 19.4. The topological polar surface area (TPSA) is 59.4 Å². The average Bonchev–Trinajstić information content (AvgIpc) is 2.45. The number of carbonyl (C=O) groups is 1. The van der Waals surface area contributed by atoms with E-state index < -0.39 is 17.7 Å². The van der Waals surface area contributed by atoms with Crippen LogP contribution in [0.4, 0.5) is 13.2 Å². The molecule has 21 heavy (non-hydrogen) atoms. The number of aromatic carboxylic acids is 1. The normalized spacial score (nSPS) is 11.2. The molecule has 0 unspecified atom stereocenters. The number of nitrogens with zero attached hydrogens (tertiary/aromatic N) is 1. The maximum absolute atomic E-state index is 12.7. The molecule has 0 aliphatic carbocycles. The minimum atomic E-state index is -4.49. The molecule has 0 fully saturated rings. The third-order valence-corrected chi connectivity index (χ3v) is 2.76. The Balaban J connectivity index is 2.60. The zero-order valence-electron chi connectivity index (χ0n) is 10.8. The molecule has 0 aliphatic heterocycles. The van der Waals surface area contributed by atoms with Crippen molar-refractivity contribution in [3.63, 3.8) is 0 Å². The van der Waals surface area contributed by atoms with Crippen molar-refractivity contribution in [3.05, 3.63) is 47.7 Å². The molecule has 2 rings (SSSR count). The maximum Gasteiger partial charge on any atom is 0.416 e. The van der Waals surface area contributed by atoms with Crippen LogP contribution in [-0.4, -0.2) is 23.2 Å². The first-order valence-electron chi connectivity index (χ1n) is 5.79. The second-order valence-corrected chi connectivity index (χ2v) is 4.13. The first-order valence-corrected chi connectivity index (χ1v) is 5.79. The number of pyridine rings is 1. The summed E-state index contributed by atoms with van der Waals surface area (Å²) in [6.07, 6.45) is -4.49. The van der Waals surface area contributed by atoms with Crippen molar-refractivity contribution in [2.75, 3.05) is 7.11 Å². The number of alkyl halides is 3. The first-order chi connectivity index (χ1) is 9.82. The Kier molecular flexibility index (Phi) is 3.84. The van der Waals surface area contributed by atoms with Gasteiger partial charge in [0.05, 0.1) is 12.7 Å². The molecule has 0 bridgehead atoms. The van der Waals surface area contributed by atoms with Gasteiger partial charge in [-0.25, -0.2) is 9.78 Å². The Labute approximate surface area is 117 Å². The number of carboxylic acids is 1. The van der Waals surface area contributed by atoms with Crippen LogP contribution in [0, 0.1) is 0 Å². The van der Waals surface area contributed by atoms with Gasteiger partial charge in [0, 0.05) is 5.56 Å². The van der Waals surface area contributed by atoms with E-state index >= 15 is 0 Å². The number of rotatable bonds is 3. The number of aromatic nitrogens is 1. The molecule has 0 aliphatic rings. The van der Waals surface area contributed by atoms with Gasteiger partial charge in [-0.05, 0) is 24.3 Å². The van der Waals surface area contributed by atoms with Gasteiger partial charge in [-0.2, -0.15) is 13.2 Å². The van der Waals surface area contributed by atoms with Gasteiger partial charge >= 0.3 is 12.1 Å². The fourth-order valence-electron chi connectivity index (χ4n) is 1.78. The van der Waals surface area contributed by atoms with E-state index in [9.17, 15) is 18.0 Å². The Morgan fingerprint density at radius 1 is 1.24 bits per heavy atom. The Bertz CT molecular complexity index is 683. The fraction of sp³-hybridized carbons (Fsp3) is 0.143. The maximum atomic E-state index is 12.7. The molecule has 1 aromatic heterocycles. The molecule has 0 amide bonds. The van der Waals surface area contributed by atoms with Gasteiger partial charge < -0.3 is 9.84 Å². The summed E-state index contributed by atoms with van der Waals surface area (Å²) in [7, 11) is 1.33. The first kappa shape index (κ1) is 14.8. The van der Waals surface area contributed by atoms with Crippen LogP contribution in [0.2, 0.25) is 0 Å². The summed E-state index contributed by atoms with van der Waals surface area (Å²) in [5.41, 5.74) is -0.943. The summed E-state index contributed by atoms with van der Waals surface area (Å²) in [6.45, 7) is 0. The lowest BCUT2D eigenvalue weighted by Gasteiger charge is -2.11. The molecule has 1 aromatic carbocycles. The number of ether oxygens (including phenoxy) is 1. The van der Waals surface area contributed by atoms with E-state index in [1.165, 1.54) is 31.4 Å². The van der Waals surface area contributed by atoms with Gasteiger partial charge in [0.2, 0.25) is 0 Å². The summed E-state index contributed by atoms with van der Waals surface area (Å²) < 4.78 is 43.2. The van der Waals surface area contributed by atoms with Crippen molar-refractivity contribution < 1.29 is 27.8 Å². The number of benzene rings is 1. The molecule has 0 spiro atoms. The number of halogens is 3. The fourth-order valence-corrected chi connectivity index (χ4v) is 1.78. The van der Waals surface area contributed by atoms with E-state index in [1.54, 1.807) is 0 Å². The van der Waals surface area contributed by atoms with E-state index in [4.69, 9.17) is 9.84 Å². The van der Waals surface area contributed by atoms with Crippen LogP contribution in [0.25, 0.3) is 11.3 Å². The Morgan fingerprint density at radius 3 is 2.52 bits per heavy atom. The Morgan fingerprint density at radius 2 is 1.95 bits per heavy atom. The van der Waals surface area contributed by atoms with Crippen LogP contribution in [0.1, 0.15) is 16.1 Å². The molecule has 0 saturated heterocycles. The van der Waals surface area contributed by atoms with Crippen LogP contribution >= 0.6 is 0 Å². The Hall–Kier alpha value is -2.57. The van der Waals surface area contributed by atoms with Crippen LogP contribution in [0.15, 0.2) is 36.4 Å². The van der Waals surface area contributed by atoms with Crippen molar-refractivity contribution >= 4 is 5.97 Å². The highest BCUT2D eigenvalue weighted by Crippen LogP contribution is 2.34. The van der Waals surface area contributed by atoms with Crippen LogP contribution in [0.3, 0.4) is 0 Å². The molecule has 7 heteroatoms. The molecule has 2 aromatic rings. The molecule has 0 radical (unpaired) electrons. The van der Waals surface area contributed by atoms with E-state index in [0.717, 1.165) is 12.1 Å². The van der Waals surface area contributed by atoms with Crippen LogP contribution in [-0.2, 0) is 6.18 Å². The summed E-state index contributed by atoms with van der Waals surface area (Å²) >= 11 is 0. The lowest BCUT2D eigenvalue weighted by Crippen LogP contribution is -2.06. The number of carboxylic acid groups (broad SMARTS) is 1. The smallest absolute Gasteiger partial charge is 0.416 e. The standard InChI is InChI=1S/C14H10F3NO3/c1-21-11-6-5-10(13(19)20)18-12(11)8-3-2-4-9(7-8)14(15,16)17/h2-7H,1H3,(H,19,20). The SMILES string of the molecule is COc1ccc(C(=O)O)nc1-c1cccc(C(F)(F)F)c1. The highest BCUT2D eigenvalue weighted by molar-refractivity contribution is 5.86. The van der Waals surface area contributed by atoms with Crippen molar-refractivity contribution in [1.82, 2.24) is 4.98 Å². The number of hydrogen-bond acceptors (Lipinski definition) is 3. The van der Waals surface area contributed by atoms with Gasteiger partial charge in [0.15, 0.2) is 0 Å². The molecule has 4 nitrogen and oxygen atoms in total.